The van der Waals surface area contributed by atoms with Gasteiger partial charge >= 0.3 is 12.1 Å². The van der Waals surface area contributed by atoms with Crippen LogP contribution in [0.25, 0.3) is 0 Å². The van der Waals surface area contributed by atoms with E-state index in [4.69, 9.17) is 9.84 Å². The highest BCUT2D eigenvalue weighted by molar-refractivity contribution is 5.79. The number of benzene rings is 1. The van der Waals surface area contributed by atoms with Gasteiger partial charge in [0.25, 0.3) is 0 Å². The summed E-state index contributed by atoms with van der Waals surface area (Å²) < 4.78 is 4.87. The molecule has 5 heteroatoms. The lowest BCUT2D eigenvalue weighted by molar-refractivity contribution is -0.139. The molecule has 0 aliphatic heterocycles. The number of hydrogen-bond donors (Lipinski definition) is 2. The minimum atomic E-state index is -1.13. The molecule has 91 valence electrons. The van der Waals surface area contributed by atoms with E-state index in [0.717, 1.165) is 5.56 Å². The molecule has 0 aliphatic carbocycles. The minimum Gasteiger partial charge on any atom is -0.480 e. The molecular formula is C12H14NO4. The average Bonchev–Trinajstić information content (AvgIpc) is 2.34. The van der Waals surface area contributed by atoms with Crippen molar-refractivity contribution < 1.29 is 19.4 Å². The van der Waals surface area contributed by atoms with Gasteiger partial charge in [0.2, 0.25) is 0 Å². The molecule has 1 aromatic carbocycles. The van der Waals surface area contributed by atoms with Gasteiger partial charge in [-0.3, -0.25) is 0 Å². The molecule has 0 fully saturated rings. The van der Waals surface area contributed by atoms with Crippen LogP contribution in [0.5, 0.6) is 0 Å². The fourth-order valence-corrected chi connectivity index (χ4v) is 1.16. The molecule has 1 aromatic rings. The van der Waals surface area contributed by atoms with E-state index in [9.17, 15) is 9.59 Å². The molecule has 1 amide bonds. The summed E-state index contributed by atoms with van der Waals surface area (Å²) in [6.07, 6.45) is -0.694. The van der Waals surface area contributed by atoms with Crippen LogP contribution in [0.1, 0.15) is 12.0 Å². The zero-order valence-electron chi connectivity index (χ0n) is 9.26. The zero-order valence-corrected chi connectivity index (χ0v) is 9.26. The number of amides is 1. The highest BCUT2D eigenvalue weighted by Crippen LogP contribution is 2.01. The Balaban J connectivity index is 2.37. The van der Waals surface area contributed by atoms with Crippen LogP contribution in [0.2, 0.25) is 0 Å². The summed E-state index contributed by atoms with van der Waals surface area (Å²) >= 11 is 0. The van der Waals surface area contributed by atoms with E-state index < -0.39 is 18.1 Å². The Morgan fingerprint density at radius 3 is 2.53 bits per heavy atom. The molecule has 0 aromatic heterocycles. The summed E-state index contributed by atoms with van der Waals surface area (Å²) in [5.41, 5.74) is 0.837. The van der Waals surface area contributed by atoms with Gasteiger partial charge in [0.15, 0.2) is 0 Å². The van der Waals surface area contributed by atoms with Crippen molar-refractivity contribution in [3.63, 3.8) is 0 Å². The van der Waals surface area contributed by atoms with Crippen molar-refractivity contribution in [1.82, 2.24) is 5.32 Å². The first kappa shape index (κ1) is 13.0. The monoisotopic (exact) mass is 236 g/mol. The molecule has 1 radical (unpaired) electrons. The van der Waals surface area contributed by atoms with Gasteiger partial charge in [-0.15, -0.1) is 0 Å². The van der Waals surface area contributed by atoms with E-state index in [2.05, 4.69) is 12.2 Å². The number of aliphatic carboxylic acids is 1. The molecule has 0 saturated heterocycles. The number of carboxylic acids is 1. The van der Waals surface area contributed by atoms with Gasteiger partial charge in [0.05, 0.1) is 0 Å². The number of carbonyl (C=O) groups is 2. The van der Waals surface area contributed by atoms with E-state index in [-0.39, 0.29) is 13.0 Å². The molecule has 0 saturated carbocycles. The second kappa shape index (κ2) is 6.52. The van der Waals surface area contributed by atoms with Gasteiger partial charge in [-0.25, -0.2) is 9.59 Å². The SMILES string of the molecule is [CH2]CC(NC(=O)OCc1ccccc1)C(=O)O. The third kappa shape index (κ3) is 4.55. The Kier molecular flexibility index (Phi) is 5.00. The van der Waals surface area contributed by atoms with Crippen LogP contribution >= 0.6 is 0 Å². The number of carboxylic acid groups (broad SMARTS) is 1. The molecule has 1 atom stereocenters. The second-order valence-corrected chi connectivity index (χ2v) is 3.39. The maximum Gasteiger partial charge on any atom is 0.408 e. The lowest BCUT2D eigenvalue weighted by Gasteiger charge is -2.12. The van der Waals surface area contributed by atoms with E-state index in [1.807, 2.05) is 30.3 Å². The van der Waals surface area contributed by atoms with Crippen molar-refractivity contribution in [2.75, 3.05) is 0 Å². The number of alkyl carbamates (subject to hydrolysis) is 1. The Morgan fingerprint density at radius 1 is 1.35 bits per heavy atom. The lowest BCUT2D eigenvalue weighted by Crippen LogP contribution is -2.40. The first-order valence-electron chi connectivity index (χ1n) is 5.12. The fourth-order valence-electron chi connectivity index (χ4n) is 1.16. The van der Waals surface area contributed by atoms with Crippen LogP contribution in [0.3, 0.4) is 0 Å². The quantitative estimate of drug-likeness (QED) is 0.814. The number of carbonyl (C=O) groups excluding carboxylic acids is 1. The maximum atomic E-state index is 11.3. The van der Waals surface area contributed by atoms with Gasteiger partial charge in [-0.2, -0.15) is 0 Å². The van der Waals surface area contributed by atoms with Crippen LogP contribution in [-0.2, 0) is 16.1 Å². The molecule has 0 heterocycles. The minimum absolute atomic E-state index is 0.0652. The standard InChI is InChI=1S/C12H14NO4/c1-2-10(11(14)15)13-12(16)17-8-9-6-4-3-5-7-9/h3-7,10H,1-2,8H2,(H,13,16)(H,14,15). The zero-order chi connectivity index (χ0) is 12.7. The number of nitrogens with one attached hydrogen (secondary N) is 1. The third-order valence-corrected chi connectivity index (χ3v) is 2.09. The van der Waals surface area contributed by atoms with Crippen molar-refractivity contribution in [2.45, 2.75) is 19.1 Å². The topological polar surface area (TPSA) is 75.6 Å². The third-order valence-electron chi connectivity index (χ3n) is 2.09. The van der Waals surface area contributed by atoms with E-state index in [1.54, 1.807) is 0 Å². The van der Waals surface area contributed by atoms with Crippen molar-refractivity contribution in [2.24, 2.45) is 0 Å². The first-order valence-corrected chi connectivity index (χ1v) is 5.12. The van der Waals surface area contributed by atoms with Crippen LogP contribution in [0.15, 0.2) is 30.3 Å². The van der Waals surface area contributed by atoms with Crippen molar-refractivity contribution in [3.8, 4) is 0 Å². The highest BCUT2D eigenvalue weighted by Gasteiger charge is 2.18. The smallest absolute Gasteiger partial charge is 0.408 e. The van der Waals surface area contributed by atoms with Crippen LogP contribution in [0, 0.1) is 6.92 Å². The molecule has 1 unspecified atom stereocenters. The van der Waals surface area contributed by atoms with Gasteiger partial charge in [0, 0.05) is 0 Å². The Labute approximate surface area is 99.4 Å². The molecule has 17 heavy (non-hydrogen) atoms. The summed E-state index contributed by atoms with van der Waals surface area (Å²) in [4.78, 5) is 21.9. The Morgan fingerprint density at radius 2 is 2.00 bits per heavy atom. The van der Waals surface area contributed by atoms with Crippen LogP contribution in [-0.4, -0.2) is 23.2 Å². The summed E-state index contributed by atoms with van der Waals surface area (Å²) in [6, 6.07) is 8.11. The van der Waals surface area contributed by atoms with E-state index in [0.29, 0.717) is 0 Å². The van der Waals surface area contributed by atoms with Crippen LogP contribution in [0.4, 0.5) is 4.79 Å². The number of hydrogen-bond acceptors (Lipinski definition) is 3. The van der Waals surface area contributed by atoms with Gasteiger partial charge in [-0.1, -0.05) is 37.3 Å². The Hall–Kier alpha value is -2.04. The number of rotatable bonds is 5. The van der Waals surface area contributed by atoms with Gasteiger partial charge < -0.3 is 15.2 Å². The van der Waals surface area contributed by atoms with E-state index in [1.165, 1.54) is 0 Å². The molecular weight excluding hydrogens is 222 g/mol. The first-order chi connectivity index (χ1) is 8.13. The predicted molar refractivity (Wildman–Crippen MR) is 61.2 cm³/mol. The Bertz CT molecular complexity index is 377. The summed E-state index contributed by atoms with van der Waals surface area (Å²) in [6.45, 7) is 3.53. The van der Waals surface area contributed by atoms with Crippen molar-refractivity contribution in [1.29, 1.82) is 0 Å². The largest absolute Gasteiger partial charge is 0.480 e. The molecule has 0 bridgehead atoms. The van der Waals surface area contributed by atoms with Gasteiger partial charge in [-0.05, 0) is 12.0 Å². The lowest BCUT2D eigenvalue weighted by atomic mass is 10.2. The van der Waals surface area contributed by atoms with Crippen molar-refractivity contribution >= 4 is 12.1 Å². The average molecular weight is 236 g/mol. The molecule has 0 spiro atoms. The normalized spacial score (nSPS) is 11.6. The molecule has 5 nitrogen and oxygen atoms in total. The molecule has 0 aliphatic rings. The summed E-state index contributed by atoms with van der Waals surface area (Å²) in [7, 11) is 0. The predicted octanol–water partition coefficient (Wildman–Crippen LogP) is 1.59. The van der Waals surface area contributed by atoms with E-state index >= 15 is 0 Å². The molecule has 2 N–H and O–H groups in total. The molecule has 1 rings (SSSR count). The maximum absolute atomic E-state index is 11.3. The summed E-state index contributed by atoms with van der Waals surface area (Å²) in [5, 5.41) is 10.9. The van der Waals surface area contributed by atoms with Crippen molar-refractivity contribution in [3.05, 3.63) is 42.8 Å². The number of ether oxygens (including phenoxy) is 1. The van der Waals surface area contributed by atoms with Gasteiger partial charge in [0.1, 0.15) is 12.6 Å². The van der Waals surface area contributed by atoms with Crippen LogP contribution < -0.4 is 5.32 Å². The summed E-state index contributed by atoms with van der Waals surface area (Å²) in [5.74, 6) is -1.13. The highest BCUT2D eigenvalue weighted by atomic mass is 16.5. The second-order valence-electron chi connectivity index (χ2n) is 3.39. The fraction of sp³-hybridized carbons (Fsp3) is 0.250.